The van der Waals surface area contributed by atoms with Crippen molar-refractivity contribution in [3.63, 3.8) is 0 Å². The number of fused-ring (bicyclic) bond motifs is 1. The highest BCUT2D eigenvalue weighted by Crippen LogP contribution is 2.27. The fourth-order valence-electron chi connectivity index (χ4n) is 2.05. The Kier molecular flexibility index (Phi) is 4.65. The summed E-state index contributed by atoms with van der Waals surface area (Å²) in [5, 5.41) is 5.54. The maximum Gasteiger partial charge on any atom is 0.193 e. The van der Waals surface area contributed by atoms with Crippen molar-refractivity contribution in [1.29, 1.82) is 0 Å². The van der Waals surface area contributed by atoms with Gasteiger partial charge in [-0.1, -0.05) is 13.8 Å². The van der Waals surface area contributed by atoms with Gasteiger partial charge in [0.05, 0.1) is 5.69 Å². The molecule has 18 heavy (non-hydrogen) atoms. The molecule has 2 heterocycles. The third kappa shape index (κ3) is 2.87. The van der Waals surface area contributed by atoms with E-state index in [1.807, 2.05) is 11.6 Å². The molecule has 0 fully saturated rings. The van der Waals surface area contributed by atoms with Gasteiger partial charge >= 0.3 is 0 Å². The SMILES string of the molecule is CCC(CC)(CCl)CNCc1cn2ccsc2n1. The second kappa shape index (κ2) is 6.04. The standard InChI is InChI=1S/C13H20ClN3S/c1-3-13(4-2,9-14)10-15-7-11-8-17-5-6-18-12(17)16-11/h5-6,8,15H,3-4,7,9-10H2,1-2H3. The van der Waals surface area contributed by atoms with Crippen molar-refractivity contribution in [3.05, 3.63) is 23.5 Å². The van der Waals surface area contributed by atoms with E-state index in [1.165, 1.54) is 0 Å². The average molecular weight is 286 g/mol. The largest absolute Gasteiger partial charge is 0.311 e. The minimum atomic E-state index is 0.221. The zero-order valence-electron chi connectivity index (χ0n) is 10.9. The van der Waals surface area contributed by atoms with Gasteiger partial charge in [-0.3, -0.25) is 4.40 Å². The molecule has 0 saturated heterocycles. The zero-order chi connectivity index (χ0) is 13.0. The summed E-state index contributed by atoms with van der Waals surface area (Å²) in [7, 11) is 0. The van der Waals surface area contributed by atoms with Gasteiger partial charge in [0.25, 0.3) is 0 Å². The lowest BCUT2D eigenvalue weighted by atomic mass is 9.84. The third-order valence-corrected chi connectivity index (χ3v) is 5.07. The van der Waals surface area contributed by atoms with Crippen molar-refractivity contribution in [2.45, 2.75) is 33.2 Å². The minimum Gasteiger partial charge on any atom is -0.311 e. The number of hydrogen-bond donors (Lipinski definition) is 1. The van der Waals surface area contributed by atoms with Crippen LogP contribution in [0.25, 0.3) is 4.96 Å². The summed E-state index contributed by atoms with van der Waals surface area (Å²) in [5.41, 5.74) is 1.32. The van der Waals surface area contributed by atoms with Gasteiger partial charge in [-0.2, -0.15) is 0 Å². The molecular formula is C13H20ClN3S. The molecule has 0 bridgehead atoms. The quantitative estimate of drug-likeness (QED) is 0.789. The molecule has 2 rings (SSSR count). The molecule has 2 aromatic rings. The van der Waals surface area contributed by atoms with Gasteiger partial charge in [0.2, 0.25) is 0 Å². The molecule has 2 aromatic heterocycles. The van der Waals surface area contributed by atoms with E-state index < -0.39 is 0 Å². The molecule has 0 saturated carbocycles. The number of imidazole rings is 1. The molecule has 0 aliphatic carbocycles. The monoisotopic (exact) mass is 285 g/mol. The second-order valence-corrected chi connectivity index (χ2v) is 5.91. The van der Waals surface area contributed by atoms with Gasteiger partial charge < -0.3 is 5.32 Å². The highest BCUT2D eigenvalue weighted by molar-refractivity contribution is 7.15. The summed E-state index contributed by atoms with van der Waals surface area (Å²) in [6, 6.07) is 0. The molecule has 0 aliphatic rings. The fourth-order valence-corrected chi connectivity index (χ4v) is 3.24. The Morgan fingerprint density at radius 2 is 2.22 bits per heavy atom. The van der Waals surface area contributed by atoms with E-state index in [2.05, 4.69) is 34.7 Å². The van der Waals surface area contributed by atoms with E-state index in [4.69, 9.17) is 11.6 Å². The minimum absolute atomic E-state index is 0.221. The number of alkyl halides is 1. The highest BCUT2D eigenvalue weighted by atomic mass is 35.5. The molecule has 0 aromatic carbocycles. The van der Waals surface area contributed by atoms with Crippen LogP contribution in [0, 0.1) is 5.41 Å². The summed E-state index contributed by atoms with van der Waals surface area (Å²) in [6.07, 6.45) is 6.34. The van der Waals surface area contributed by atoms with Crippen LogP contribution in [0.2, 0.25) is 0 Å². The van der Waals surface area contributed by atoms with Gasteiger partial charge in [0, 0.05) is 36.7 Å². The molecule has 1 N–H and O–H groups in total. The van der Waals surface area contributed by atoms with Crippen LogP contribution in [0.3, 0.4) is 0 Å². The lowest BCUT2D eigenvalue weighted by molar-refractivity contribution is 0.286. The molecule has 0 spiro atoms. The molecule has 0 aliphatic heterocycles. The maximum atomic E-state index is 6.10. The molecule has 3 nitrogen and oxygen atoms in total. The first-order valence-electron chi connectivity index (χ1n) is 6.41. The van der Waals surface area contributed by atoms with Crippen molar-refractivity contribution in [3.8, 4) is 0 Å². The van der Waals surface area contributed by atoms with Gasteiger partial charge in [-0.15, -0.1) is 22.9 Å². The van der Waals surface area contributed by atoms with Crippen molar-refractivity contribution in [2.75, 3.05) is 12.4 Å². The summed E-state index contributed by atoms with van der Waals surface area (Å²) < 4.78 is 2.07. The van der Waals surface area contributed by atoms with E-state index in [0.717, 1.165) is 36.6 Å². The lowest BCUT2D eigenvalue weighted by Crippen LogP contribution is -2.34. The first-order valence-corrected chi connectivity index (χ1v) is 7.82. The number of halogens is 1. The predicted molar refractivity (Wildman–Crippen MR) is 78.5 cm³/mol. The number of rotatable bonds is 7. The molecular weight excluding hydrogens is 266 g/mol. The number of nitrogens with zero attached hydrogens (tertiary/aromatic N) is 2. The van der Waals surface area contributed by atoms with Crippen LogP contribution in [0.1, 0.15) is 32.4 Å². The highest BCUT2D eigenvalue weighted by Gasteiger charge is 2.24. The summed E-state index contributed by atoms with van der Waals surface area (Å²) in [6.45, 7) is 6.18. The Morgan fingerprint density at radius 3 is 2.83 bits per heavy atom. The summed E-state index contributed by atoms with van der Waals surface area (Å²) >= 11 is 7.76. The van der Waals surface area contributed by atoms with Gasteiger partial charge in [-0.05, 0) is 18.3 Å². The first-order chi connectivity index (χ1) is 8.73. The zero-order valence-corrected chi connectivity index (χ0v) is 12.5. The van der Waals surface area contributed by atoms with E-state index in [1.54, 1.807) is 11.3 Å². The van der Waals surface area contributed by atoms with Crippen LogP contribution >= 0.6 is 22.9 Å². The van der Waals surface area contributed by atoms with E-state index in [-0.39, 0.29) is 5.41 Å². The Labute approximate surface area is 117 Å². The Hall–Kier alpha value is -0.580. The first kappa shape index (κ1) is 13.8. The molecule has 0 unspecified atom stereocenters. The molecule has 0 radical (unpaired) electrons. The maximum absolute atomic E-state index is 6.10. The van der Waals surface area contributed by atoms with Crippen molar-refractivity contribution in [2.24, 2.45) is 5.41 Å². The smallest absolute Gasteiger partial charge is 0.193 e. The van der Waals surface area contributed by atoms with Crippen LogP contribution < -0.4 is 5.32 Å². The van der Waals surface area contributed by atoms with Crippen molar-refractivity contribution < 1.29 is 0 Å². The van der Waals surface area contributed by atoms with Crippen LogP contribution in [-0.2, 0) is 6.54 Å². The molecule has 100 valence electrons. The van der Waals surface area contributed by atoms with Crippen LogP contribution in [0.15, 0.2) is 17.8 Å². The fraction of sp³-hybridized carbons (Fsp3) is 0.615. The molecule has 5 heteroatoms. The number of nitrogens with one attached hydrogen (secondary N) is 1. The topological polar surface area (TPSA) is 29.3 Å². The Bertz CT molecular complexity index is 450. The predicted octanol–water partition coefficient (Wildman–Crippen LogP) is 3.53. The lowest BCUT2D eigenvalue weighted by Gasteiger charge is -2.29. The molecule has 0 amide bonds. The summed E-state index contributed by atoms with van der Waals surface area (Å²) in [4.78, 5) is 5.61. The van der Waals surface area contributed by atoms with Crippen LogP contribution in [-0.4, -0.2) is 21.8 Å². The average Bonchev–Trinajstić information content (AvgIpc) is 2.96. The number of thiazole rings is 1. The van der Waals surface area contributed by atoms with Crippen molar-refractivity contribution >= 4 is 27.9 Å². The normalized spacial score (nSPS) is 12.4. The van der Waals surface area contributed by atoms with E-state index in [0.29, 0.717) is 5.88 Å². The van der Waals surface area contributed by atoms with Crippen molar-refractivity contribution in [1.82, 2.24) is 14.7 Å². The number of hydrogen-bond acceptors (Lipinski definition) is 3. The Morgan fingerprint density at radius 1 is 1.44 bits per heavy atom. The number of aromatic nitrogens is 2. The van der Waals surface area contributed by atoms with E-state index in [9.17, 15) is 0 Å². The van der Waals surface area contributed by atoms with Gasteiger partial charge in [-0.25, -0.2) is 4.98 Å². The van der Waals surface area contributed by atoms with E-state index >= 15 is 0 Å². The second-order valence-electron chi connectivity index (χ2n) is 4.77. The Balaban J connectivity index is 1.90. The van der Waals surface area contributed by atoms with Crippen LogP contribution in [0.5, 0.6) is 0 Å². The van der Waals surface area contributed by atoms with Gasteiger partial charge in [0.1, 0.15) is 0 Å². The van der Waals surface area contributed by atoms with Crippen LogP contribution in [0.4, 0.5) is 0 Å². The molecule has 0 atom stereocenters. The van der Waals surface area contributed by atoms with Gasteiger partial charge in [0.15, 0.2) is 4.96 Å². The summed E-state index contributed by atoms with van der Waals surface area (Å²) in [5.74, 6) is 0.714. The third-order valence-electron chi connectivity index (χ3n) is 3.73.